The SMILES string of the molecule is O=C(OC[C@H]1O[C@H](O[C@]2(CCl)O[C@H](CCl)[C@@H](O)[C@@H]2O)[C@H](O)[C@@H](O)[C@H]1Cl)c1ccccc1. The number of rotatable bonds is 7. The van der Waals surface area contributed by atoms with Gasteiger partial charge in [-0.05, 0) is 12.1 Å². The first-order valence-corrected chi connectivity index (χ1v) is 11.0. The summed E-state index contributed by atoms with van der Waals surface area (Å²) in [5.41, 5.74) is 0.308. The van der Waals surface area contributed by atoms with E-state index in [-0.39, 0.29) is 12.5 Å². The van der Waals surface area contributed by atoms with E-state index in [9.17, 15) is 25.2 Å². The number of ether oxygens (including phenoxy) is 4. The molecule has 0 radical (unpaired) electrons. The van der Waals surface area contributed by atoms with Gasteiger partial charge < -0.3 is 39.4 Å². The van der Waals surface area contributed by atoms with Gasteiger partial charge in [0.05, 0.1) is 22.7 Å². The molecule has 0 aliphatic carbocycles. The van der Waals surface area contributed by atoms with Gasteiger partial charge in [0, 0.05) is 0 Å². The summed E-state index contributed by atoms with van der Waals surface area (Å²) in [6.45, 7) is -0.351. The van der Waals surface area contributed by atoms with Gasteiger partial charge in [0.25, 0.3) is 0 Å². The average molecular weight is 502 g/mol. The van der Waals surface area contributed by atoms with Crippen molar-refractivity contribution in [3.63, 3.8) is 0 Å². The zero-order valence-electron chi connectivity index (χ0n) is 16.1. The topological polar surface area (TPSA) is 135 Å². The summed E-state index contributed by atoms with van der Waals surface area (Å²) in [7, 11) is 0. The molecule has 1 aromatic carbocycles. The van der Waals surface area contributed by atoms with Crippen LogP contribution in [0.1, 0.15) is 10.4 Å². The molecule has 3 rings (SSSR count). The van der Waals surface area contributed by atoms with Crippen LogP contribution in [0.3, 0.4) is 0 Å². The Morgan fingerprint density at radius 2 is 1.71 bits per heavy atom. The summed E-state index contributed by atoms with van der Waals surface area (Å²) in [6.07, 6.45) is -9.80. The summed E-state index contributed by atoms with van der Waals surface area (Å²) in [5, 5.41) is 40.0. The molecule has 0 saturated carbocycles. The molecule has 0 unspecified atom stereocenters. The number of hydrogen-bond donors (Lipinski definition) is 4. The van der Waals surface area contributed by atoms with Gasteiger partial charge in [0.2, 0.25) is 5.79 Å². The van der Waals surface area contributed by atoms with Gasteiger partial charge in [0.15, 0.2) is 6.29 Å². The smallest absolute Gasteiger partial charge is 0.338 e. The van der Waals surface area contributed by atoms with Gasteiger partial charge in [-0.2, -0.15) is 0 Å². The maximum atomic E-state index is 12.2. The molecule has 2 fully saturated rings. The van der Waals surface area contributed by atoms with Crippen LogP contribution in [-0.2, 0) is 18.9 Å². The lowest BCUT2D eigenvalue weighted by molar-refractivity contribution is -0.357. The molecule has 2 aliphatic heterocycles. The number of carbonyl (C=O) groups is 1. The first-order valence-electron chi connectivity index (χ1n) is 9.45. The molecular formula is C19H23Cl3O9. The molecule has 0 amide bonds. The van der Waals surface area contributed by atoms with Crippen LogP contribution < -0.4 is 0 Å². The second kappa shape index (κ2) is 10.5. The third-order valence-electron chi connectivity index (χ3n) is 5.17. The van der Waals surface area contributed by atoms with Crippen LogP contribution in [0.2, 0.25) is 0 Å². The van der Waals surface area contributed by atoms with E-state index in [4.69, 9.17) is 53.8 Å². The van der Waals surface area contributed by atoms with Crippen LogP contribution in [0.15, 0.2) is 30.3 Å². The van der Waals surface area contributed by atoms with Crippen molar-refractivity contribution in [3.8, 4) is 0 Å². The number of halogens is 3. The molecule has 31 heavy (non-hydrogen) atoms. The highest BCUT2D eigenvalue weighted by Crippen LogP contribution is 2.38. The van der Waals surface area contributed by atoms with Crippen molar-refractivity contribution in [1.29, 1.82) is 0 Å². The average Bonchev–Trinajstić information content (AvgIpc) is 3.04. The Labute approximate surface area is 193 Å². The number of esters is 1. The summed E-state index contributed by atoms with van der Waals surface area (Å²) < 4.78 is 21.9. The predicted molar refractivity (Wildman–Crippen MR) is 109 cm³/mol. The number of aliphatic hydroxyl groups excluding tert-OH is 4. The van der Waals surface area contributed by atoms with Crippen molar-refractivity contribution in [2.75, 3.05) is 18.4 Å². The molecule has 4 N–H and O–H groups in total. The molecule has 2 saturated heterocycles. The number of hydrogen-bond acceptors (Lipinski definition) is 9. The van der Waals surface area contributed by atoms with Crippen LogP contribution >= 0.6 is 34.8 Å². The standard InChI is InChI=1S/C19H23Cl3O9/c20-6-10-13(23)16(26)19(8-21,30-10)31-18-15(25)14(24)12(22)11(29-18)7-28-17(27)9-4-2-1-3-5-9/h1-5,10-16,18,23-26H,6-8H2/t10-,11-,12+,13-,14+,15-,16+,18-,19+/m1/s1. The number of aliphatic hydroxyl groups is 4. The number of benzene rings is 1. The van der Waals surface area contributed by atoms with Crippen LogP contribution in [0, 0.1) is 0 Å². The first kappa shape index (κ1) is 24.9. The number of carbonyl (C=O) groups excluding carboxylic acids is 1. The zero-order chi connectivity index (χ0) is 22.8. The van der Waals surface area contributed by atoms with Gasteiger partial charge in [-0.1, -0.05) is 18.2 Å². The minimum atomic E-state index is -1.96. The lowest BCUT2D eigenvalue weighted by Crippen LogP contribution is -2.61. The summed E-state index contributed by atoms with van der Waals surface area (Å²) in [6, 6.07) is 8.21. The van der Waals surface area contributed by atoms with Crippen molar-refractivity contribution >= 4 is 40.8 Å². The van der Waals surface area contributed by atoms with Gasteiger partial charge >= 0.3 is 5.97 Å². The summed E-state index contributed by atoms with van der Waals surface area (Å²) in [4.78, 5) is 12.2. The Kier molecular flexibility index (Phi) is 8.42. The molecule has 0 bridgehead atoms. The molecular weight excluding hydrogens is 479 g/mol. The van der Waals surface area contributed by atoms with E-state index in [0.717, 1.165) is 0 Å². The Balaban J connectivity index is 1.70. The second-order valence-electron chi connectivity index (χ2n) is 7.24. The zero-order valence-corrected chi connectivity index (χ0v) is 18.4. The van der Waals surface area contributed by atoms with Gasteiger partial charge in [-0.25, -0.2) is 4.79 Å². The summed E-state index contributed by atoms with van der Waals surface area (Å²) >= 11 is 17.8. The highest BCUT2D eigenvalue weighted by Gasteiger charge is 2.58. The molecule has 9 atom stereocenters. The first-order chi connectivity index (χ1) is 14.7. The summed E-state index contributed by atoms with van der Waals surface area (Å²) in [5.74, 6) is -3.19. The maximum absolute atomic E-state index is 12.2. The van der Waals surface area contributed by atoms with Crippen molar-refractivity contribution < 1.29 is 44.2 Å². The van der Waals surface area contributed by atoms with Gasteiger partial charge in [-0.3, -0.25) is 0 Å². The molecule has 2 aliphatic rings. The van der Waals surface area contributed by atoms with Crippen molar-refractivity contribution in [2.24, 2.45) is 0 Å². The monoisotopic (exact) mass is 500 g/mol. The van der Waals surface area contributed by atoms with Crippen molar-refractivity contribution in [2.45, 2.75) is 54.1 Å². The number of alkyl halides is 3. The molecule has 174 valence electrons. The molecule has 12 heteroatoms. The normalized spacial score (nSPS) is 40.6. The van der Waals surface area contributed by atoms with Crippen molar-refractivity contribution in [1.82, 2.24) is 0 Å². The van der Waals surface area contributed by atoms with Crippen LogP contribution in [0.25, 0.3) is 0 Å². The fourth-order valence-corrected chi connectivity index (χ4v) is 4.17. The Morgan fingerprint density at radius 3 is 2.29 bits per heavy atom. The molecule has 1 aromatic rings. The van der Waals surface area contributed by atoms with Crippen LogP contribution in [0.5, 0.6) is 0 Å². The highest BCUT2D eigenvalue weighted by atomic mass is 35.5. The quantitative estimate of drug-likeness (QED) is 0.305. The van der Waals surface area contributed by atoms with Crippen LogP contribution in [0.4, 0.5) is 0 Å². The van der Waals surface area contributed by atoms with E-state index >= 15 is 0 Å². The second-order valence-corrected chi connectivity index (χ2v) is 8.32. The van der Waals surface area contributed by atoms with E-state index in [1.165, 1.54) is 0 Å². The van der Waals surface area contributed by atoms with Gasteiger partial charge in [-0.15, -0.1) is 34.8 Å². The molecule has 9 nitrogen and oxygen atoms in total. The largest absolute Gasteiger partial charge is 0.459 e. The minimum absolute atomic E-state index is 0.154. The third-order valence-corrected chi connectivity index (χ3v) is 6.38. The van der Waals surface area contributed by atoms with Crippen LogP contribution in [-0.4, -0.2) is 98.8 Å². The Bertz CT molecular complexity index is 742. The lowest BCUT2D eigenvalue weighted by Gasteiger charge is -2.43. The predicted octanol–water partition coefficient (Wildman–Crippen LogP) is 0.209. The maximum Gasteiger partial charge on any atom is 0.338 e. The third kappa shape index (κ3) is 5.11. The molecule has 0 spiro atoms. The van der Waals surface area contributed by atoms with E-state index in [1.54, 1.807) is 30.3 Å². The molecule has 0 aromatic heterocycles. The fourth-order valence-electron chi connectivity index (χ4n) is 3.36. The fraction of sp³-hybridized carbons (Fsp3) is 0.632. The van der Waals surface area contributed by atoms with Crippen molar-refractivity contribution in [3.05, 3.63) is 35.9 Å². The van der Waals surface area contributed by atoms with E-state index in [2.05, 4.69) is 0 Å². The minimum Gasteiger partial charge on any atom is -0.459 e. The van der Waals surface area contributed by atoms with E-state index < -0.39 is 65.9 Å². The highest BCUT2D eigenvalue weighted by molar-refractivity contribution is 6.21. The van der Waals surface area contributed by atoms with E-state index in [0.29, 0.717) is 5.56 Å². The Hall–Kier alpha value is -0.720. The van der Waals surface area contributed by atoms with Gasteiger partial charge in [0.1, 0.15) is 43.2 Å². The Morgan fingerprint density at radius 1 is 1.03 bits per heavy atom. The molecule has 2 heterocycles. The lowest BCUT2D eigenvalue weighted by atomic mass is 10.0. The van der Waals surface area contributed by atoms with E-state index in [1.807, 2.05) is 0 Å².